The van der Waals surface area contributed by atoms with E-state index in [1.165, 1.54) is 0 Å². The minimum atomic E-state index is -0.405. The van der Waals surface area contributed by atoms with Crippen molar-refractivity contribution in [2.45, 2.75) is 19.8 Å². The summed E-state index contributed by atoms with van der Waals surface area (Å²) < 4.78 is 5.52. The van der Waals surface area contributed by atoms with Crippen LogP contribution >= 0.6 is 0 Å². The van der Waals surface area contributed by atoms with Crippen molar-refractivity contribution in [3.8, 4) is 5.75 Å². The number of ether oxygens (including phenoxy) is 1. The van der Waals surface area contributed by atoms with Crippen LogP contribution in [0.1, 0.15) is 40.6 Å². The van der Waals surface area contributed by atoms with Gasteiger partial charge in [0.15, 0.2) is 0 Å². The monoisotopic (exact) mass is 301 g/mol. The molecule has 116 valence electrons. The Morgan fingerprint density at radius 3 is 2.45 bits per heavy atom. The van der Waals surface area contributed by atoms with Crippen molar-refractivity contribution in [2.24, 2.45) is 0 Å². The summed E-state index contributed by atoms with van der Waals surface area (Å²) in [6.07, 6.45) is 3.70. The molecule has 0 spiro atoms. The maximum Gasteiger partial charge on any atom is 0.286 e. The van der Waals surface area contributed by atoms with Crippen LogP contribution in [0.25, 0.3) is 0 Å². The third-order valence-electron chi connectivity index (χ3n) is 3.02. The van der Waals surface area contributed by atoms with Crippen molar-refractivity contribution in [2.75, 3.05) is 6.61 Å². The van der Waals surface area contributed by atoms with E-state index in [0.29, 0.717) is 17.9 Å². The van der Waals surface area contributed by atoms with Gasteiger partial charge in [-0.1, -0.05) is 13.3 Å². The highest BCUT2D eigenvalue weighted by molar-refractivity contribution is 5.98. The molecule has 3 N–H and O–H groups in total. The molecule has 0 saturated carbocycles. The van der Waals surface area contributed by atoms with E-state index < -0.39 is 5.91 Å². The number of hydrogen-bond donors (Lipinski definition) is 3. The van der Waals surface area contributed by atoms with Gasteiger partial charge in [-0.25, -0.2) is 0 Å². The molecule has 0 bridgehead atoms. The van der Waals surface area contributed by atoms with Gasteiger partial charge in [-0.3, -0.25) is 20.4 Å². The van der Waals surface area contributed by atoms with Crippen LogP contribution in [0, 0.1) is 0 Å². The lowest BCUT2D eigenvalue weighted by molar-refractivity contribution is 0.0844. The molecule has 0 atom stereocenters. The van der Waals surface area contributed by atoms with E-state index in [1.807, 2.05) is 0 Å². The number of benzene rings is 1. The van der Waals surface area contributed by atoms with Gasteiger partial charge >= 0.3 is 0 Å². The molecule has 0 aliphatic carbocycles. The summed E-state index contributed by atoms with van der Waals surface area (Å²) in [7, 11) is 0. The summed E-state index contributed by atoms with van der Waals surface area (Å²) in [5.74, 6) is -0.0710. The van der Waals surface area contributed by atoms with E-state index in [-0.39, 0.29) is 5.91 Å². The molecule has 0 aliphatic heterocycles. The lowest BCUT2D eigenvalue weighted by atomic mass is 10.2. The number of nitrogens with one attached hydrogen (secondary N) is 3. The smallest absolute Gasteiger partial charge is 0.286 e. The topological polar surface area (TPSA) is 83.2 Å². The van der Waals surface area contributed by atoms with Crippen molar-refractivity contribution in [3.05, 3.63) is 53.9 Å². The number of carbonyl (C=O) groups excluding carboxylic acids is 2. The first kappa shape index (κ1) is 15.6. The maximum absolute atomic E-state index is 11.9. The standard InChI is InChI=1S/C16H19N3O3/c1-2-3-11-22-13-8-6-12(7-9-13)15(20)18-19-16(21)14-5-4-10-17-14/h4-10,17H,2-3,11H2,1H3,(H,18,20)(H,19,21). The molecule has 1 heterocycles. The fourth-order valence-electron chi connectivity index (χ4n) is 1.76. The summed E-state index contributed by atoms with van der Waals surface area (Å²) >= 11 is 0. The largest absolute Gasteiger partial charge is 0.494 e. The second-order valence-corrected chi connectivity index (χ2v) is 4.72. The highest BCUT2D eigenvalue weighted by Crippen LogP contribution is 2.12. The Morgan fingerprint density at radius 2 is 1.82 bits per heavy atom. The van der Waals surface area contributed by atoms with E-state index in [2.05, 4.69) is 22.8 Å². The van der Waals surface area contributed by atoms with Crippen LogP contribution in [-0.4, -0.2) is 23.4 Å². The Labute approximate surface area is 128 Å². The number of amides is 2. The average molecular weight is 301 g/mol. The zero-order valence-electron chi connectivity index (χ0n) is 12.4. The molecule has 0 radical (unpaired) electrons. The first-order chi connectivity index (χ1) is 10.7. The zero-order valence-corrected chi connectivity index (χ0v) is 12.4. The van der Waals surface area contributed by atoms with Gasteiger partial charge < -0.3 is 9.72 Å². The van der Waals surface area contributed by atoms with E-state index >= 15 is 0 Å². The van der Waals surface area contributed by atoms with Gasteiger partial charge in [-0.2, -0.15) is 0 Å². The number of unbranched alkanes of at least 4 members (excludes halogenated alkanes) is 1. The maximum atomic E-state index is 11.9. The highest BCUT2D eigenvalue weighted by Gasteiger charge is 2.09. The molecule has 0 unspecified atom stereocenters. The van der Waals surface area contributed by atoms with Gasteiger partial charge in [0.05, 0.1) is 6.61 Å². The van der Waals surface area contributed by atoms with E-state index in [0.717, 1.165) is 18.6 Å². The zero-order chi connectivity index (χ0) is 15.8. The van der Waals surface area contributed by atoms with Crippen molar-refractivity contribution in [3.63, 3.8) is 0 Å². The van der Waals surface area contributed by atoms with Crippen molar-refractivity contribution in [1.82, 2.24) is 15.8 Å². The normalized spacial score (nSPS) is 10.0. The Morgan fingerprint density at radius 1 is 1.09 bits per heavy atom. The summed E-state index contributed by atoms with van der Waals surface area (Å²) in [6.45, 7) is 2.76. The molecule has 0 fully saturated rings. The van der Waals surface area contributed by atoms with Gasteiger partial charge in [-0.15, -0.1) is 0 Å². The molecule has 0 saturated heterocycles. The first-order valence-corrected chi connectivity index (χ1v) is 7.17. The molecule has 1 aromatic heterocycles. The number of H-pyrrole nitrogens is 1. The van der Waals surface area contributed by atoms with E-state index in [9.17, 15) is 9.59 Å². The van der Waals surface area contributed by atoms with Gasteiger partial charge in [0.25, 0.3) is 11.8 Å². The quantitative estimate of drug-likeness (QED) is 0.565. The third-order valence-corrected chi connectivity index (χ3v) is 3.02. The first-order valence-electron chi connectivity index (χ1n) is 7.17. The fraction of sp³-hybridized carbons (Fsp3) is 0.250. The summed E-state index contributed by atoms with van der Waals surface area (Å²) in [6, 6.07) is 10.1. The van der Waals surface area contributed by atoms with Crippen molar-refractivity contribution >= 4 is 11.8 Å². The molecule has 1 aromatic carbocycles. The van der Waals surface area contributed by atoms with Crippen LogP contribution in [0.15, 0.2) is 42.6 Å². The second-order valence-electron chi connectivity index (χ2n) is 4.72. The van der Waals surface area contributed by atoms with E-state index in [4.69, 9.17) is 4.74 Å². The van der Waals surface area contributed by atoms with Crippen LogP contribution in [0.2, 0.25) is 0 Å². The van der Waals surface area contributed by atoms with Crippen LogP contribution in [0.5, 0.6) is 5.75 Å². The molecular weight excluding hydrogens is 282 g/mol. The predicted octanol–water partition coefficient (Wildman–Crippen LogP) is 2.27. The van der Waals surface area contributed by atoms with E-state index in [1.54, 1.807) is 42.6 Å². The molecular formula is C16H19N3O3. The Hall–Kier alpha value is -2.76. The van der Waals surface area contributed by atoms with Crippen LogP contribution in [0.4, 0.5) is 0 Å². The lowest BCUT2D eigenvalue weighted by Crippen LogP contribution is -2.41. The predicted molar refractivity (Wildman–Crippen MR) is 82.6 cm³/mol. The number of hydrazine groups is 1. The number of rotatable bonds is 6. The minimum absolute atomic E-state index is 0.375. The number of aromatic amines is 1. The molecule has 2 rings (SSSR count). The van der Waals surface area contributed by atoms with Gasteiger partial charge in [0.2, 0.25) is 0 Å². The lowest BCUT2D eigenvalue weighted by Gasteiger charge is -2.08. The SMILES string of the molecule is CCCCOc1ccc(C(=O)NNC(=O)c2ccc[nH]2)cc1. The molecule has 2 aromatic rings. The molecule has 2 amide bonds. The van der Waals surface area contributed by atoms with Gasteiger partial charge in [-0.05, 0) is 42.8 Å². The summed E-state index contributed by atoms with van der Waals surface area (Å²) in [4.78, 5) is 26.3. The second kappa shape index (κ2) is 7.87. The van der Waals surface area contributed by atoms with Gasteiger partial charge in [0, 0.05) is 11.8 Å². The molecule has 6 nitrogen and oxygen atoms in total. The molecule has 6 heteroatoms. The Balaban J connectivity index is 1.83. The number of carbonyl (C=O) groups is 2. The summed E-state index contributed by atoms with van der Waals surface area (Å²) in [5, 5.41) is 0. The fourth-order valence-corrected chi connectivity index (χ4v) is 1.76. The van der Waals surface area contributed by atoms with Crippen LogP contribution in [0.3, 0.4) is 0 Å². The van der Waals surface area contributed by atoms with Gasteiger partial charge in [0.1, 0.15) is 11.4 Å². The Kier molecular flexibility index (Phi) is 5.59. The van der Waals surface area contributed by atoms with Crippen LogP contribution in [-0.2, 0) is 0 Å². The summed E-state index contributed by atoms with van der Waals surface area (Å²) in [5.41, 5.74) is 5.51. The molecule has 22 heavy (non-hydrogen) atoms. The van der Waals surface area contributed by atoms with Crippen molar-refractivity contribution < 1.29 is 14.3 Å². The van der Waals surface area contributed by atoms with Crippen molar-refractivity contribution in [1.29, 1.82) is 0 Å². The average Bonchev–Trinajstić information content (AvgIpc) is 3.08. The third kappa shape index (κ3) is 4.37. The number of hydrogen-bond acceptors (Lipinski definition) is 3. The highest BCUT2D eigenvalue weighted by atomic mass is 16.5. The number of aromatic nitrogens is 1. The van der Waals surface area contributed by atoms with Crippen LogP contribution < -0.4 is 15.6 Å². The Bertz CT molecular complexity index is 606. The molecule has 0 aliphatic rings. The minimum Gasteiger partial charge on any atom is -0.494 e.